The van der Waals surface area contributed by atoms with Gasteiger partial charge in [-0.15, -0.1) is 11.6 Å². The maximum absolute atomic E-state index is 5.66. The molecule has 0 N–H and O–H groups in total. The Morgan fingerprint density at radius 2 is 1.93 bits per heavy atom. The van der Waals surface area contributed by atoms with Crippen molar-refractivity contribution in [3.8, 4) is 5.75 Å². The molecule has 1 rings (SSSR count). The van der Waals surface area contributed by atoms with E-state index in [-0.39, 0.29) is 5.41 Å². The van der Waals surface area contributed by atoms with Gasteiger partial charge in [-0.25, -0.2) is 0 Å². The lowest BCUT2D eigenvalue weighted by atomic mass is 9.86. The number of alkyl halides is 1. The van der Waals surface area contributed by atoms with E-state index < -0.39 is 0 Å². The van der Waals surface area contributed by atoms with Crippen LogP contribution in [-0.4, -0.2) is 12.5 Å². The van der Waals surface area contributed by atoms with Crippen LogP contribution >= 0.6 is 11.6 Å². The molecular formula is C13H19ClO. The third-order valence-corrected chi connectivity index (χ3v) is 2.43. The maximum Gasteiger partial charge on any atom is 0.123 e. The van der Waals surface area contributed by atoms with E-state index >= 15 is 0 Å². The molecule has 0 saturated heterocycles. The molecule has 0 fully saturated rings. The number of hydrogen-bond donors (Lipinski definition) is 0. The van der Waals surface area contributed by atoms with Gasteiger partial charge in [0, 0.05) is 0 Å². The minimum atomic E-state index is 0.106. The van der Waals surface area contributed by atoms with E-state index in [9.17, 15) is 0 Å². The van der Waals surface area contributed by atoms with E-state index in [0.717, 1.165) is 5.75 Å². The van der Waals surface area contributed by atoms with Crippen LogP contribution in [0.4, 0.5) is 0 Å². The van der Waals surface area contributed by atoms with Crippen molar-refractivity contribution in [2.45, 2.75) is 33.1 Å². The van der Waals surface area contributed by atoms with Crippen LogP contribution in [-0.2, 0) is 5.41 Å². The van der Waals surface area contributed by atoms with Gasteiger partial charge in [-0.05, 0) is 29.5 Å². The average Bonchev–Trinajstić information content (AvgIpc) is 2.12. The third-order valence-electron chi connectivity index (χ3n) is 2.28. The topological polar surface area (TPSA) is 9.23 Å². The molecule has 15 heavy (non-hydrogen) atoms. The highest BCUT2D eigenvalue weighted by molar-refractivity contribution is 6.18. The van der Waals surface area contributed by atoms with Gasteiger partial charge in [0.05, 0.1) is 5.88 Å². The number of aryl methyl sites for hydroxylation is 1. The van der Waals surface area contributed by atoms with Crippen LogP contribution in [0.15, 0.2) is 18.2 Å². The number of halogens is 1. The Kier molecular flexibility index (Phi) is 4.04. The predicted molar refractivity (Wildman–Crippen MR) is 66.1 cm³/mol. The first-order valence-corrected chi connectivity index (χ1v) is 5.78. The fraction of sp³-hybridized carbons (Fsp3) is 0.538. The standard InChI is InChI=1S/C13H19ClO/c1-10-5-6-11(13(2,3)4)12(9-10)15-8-7-14/h5-6,9H,7-8H2,1-4H3. The molecule has 0 unspecified atom stereocenters. The molecular weight excluding hydrogens is 208 g/mol. The molecule has 84 valence electrons. The van der Waals surface area contributed by atoms with Crippen LogP contribution in [0.25, 0.3) is 0 Å². The molecule has 1 nitrogen and oxygen atoms in total. The lowest BCUT2D eigenvalue weighted by Gasteiger charge is -2.23. The van der Waals surface area contributed by atoms with Gasteiger partial charge in [-0.3, -0.25) is 0 Å². The minimum absolute atomic E-state index is 0.106. The Morgan fingerprint density at radius 3 is 2.47 bits per heavy atom. The van der Waals surface area contributed by atoms with Gasteiger partial charge in [0.25, 0.3) is 0 Å². The molecule has 0 bridgehead atoms. The molecule has 0 aromatic heterocycles. The van der Waals surface area contributed by atoms with Crippen molar-refractivity contribution in [3.05, 3.63) is 29.3 Å². The molecule has 2 heteroatoms. The molecule has 0 amide bonds. The van der Waals surface area contributed by atoms with E-state index in [1.807, 2.05) is 0 Å². The largest absolute Gasteiger partial charge is 0.492 e. The summed E-state index contributed by atoms with van der Waals surface area (Å²) < 4.78 is 5.66. The lowest BCUT2D eigenvalue weighted by Crippen LogP contribution is -2.14. The van der Waals surface area contributed by atoms with Crippen LogP contribution in [0, 0.1) is 6.92 Å². The second-order valence-corrected chi connectivity index (χ2v) is 5.17. The van der Waals surface area contributed by atoms with Crippen LogP contribution in [0.2, 0.25) is 0 Å². The Labute approximate surface area is 97.4 Å². The molecule has 0 aliphatic heterocycles. The molecule has 1 aromatic rings. The van der Waals surface area contributed by atoms with Gasteiger partial charge in [0.2, 0.25) is 0 Å². The number of rotatable bonds is 3. The highest BCUT2D eigenvalue weighted by Crippen LogP contribution is 2.31. The Hall–Kier alpha value is -0.690. The second-order valence-electron chi connectivity index (χ2n) is 4.79. The molecule has 0 atom stereocenters. The first kappa shape index (κ1) is 12.4. The summed E-state index contributed by atoms with van der Waals surface area (Å²) in [4.78, 5) is 0. The predicted octanol–water partition coefficient (Wildman–Crippen LogP) is 3.91. The van der Waals surface area contributed by atoms with Crippen LogP contribution < -0.4 is 4.74 Å². The van der Waals surface area contributed by atoms with E-state index in [1.54, 1.807) is 0 Å². The fourth-order valence-corrected chi connectivity index (χ4v) is 1.59. The van der Waals surface area contributed by atoms with Crippen molar-refractivity contribution in [1.29, 1.82) is 0 Å². The SMILES string of the molecule is Cc1ccc(C(C)(C)C)c(OCCCl)c1. The zero-order valence-corrected chi connectivity index (χ0v) is 10.7. The van der Waals surface area contributed by atoms with Crippen molar-refractivity contribution in [2.24, 2.45) is 0 Å². The monoisotopic (exact) mass is 226 g/mol. The third kappa shape index (κ3) is 3.42. The second kappa shape index (κ2) is 4.89. The van der Waals surface area contributed by atoms with Crippen LogP contribution in [0.1, 0.15) is 31.9 Å². The number of benzene rings is 1. The van der Waals surface area contributed by atoms with E-state index in [0.29, 0.717) is 12.5 Å². The summed E-state index contributed by atoms with van der Waals surface area (Å²) in [6.45, 7) is 9.19. The van der Waals surface area contributed by atoms with Crippen molar-refractivity contribution < 1.29 is 4.74 Å². The number of ether oxygens (including phenoxy) is 1. The normalized spacial score (nSPS) is 11.5. The molecule has 1 aromatic carbocycles. The van der Waals surface area contributed by atoms with E-state index in [4.69, 9.17) is 16.3 Å². The first-order valence-electron chi connectivity index (χ1n) is 5.25. The molecule has 0 saturated carbocycles. The van der Waals surface area contributed by atoms with Gasteiger partial charge in [-0.1, -0.05) is 32.9 Å². The van der Waals surface area contributed by atoms with Crippen LogP contribution in [0.5, 0.6) is 5.75 Å². The van der Waals surface area contributed by atoms with Crippen molar-refractivity contribution in [1.82, 2.24) is 0 Å². The van der Waals surface area contributed by atoms with Gasteiger partial charge in [0.15, 0.2) is 0 Å². The van der Waals surface area contributed by atoms with Gasteiger partial charge in [-0.2, -0.15) is 0 Å². The summed E-state index contributed by atoms with van der Waals surface area (Å²) in [6, 6.07) is 6.33. The zero-order valence-electron chi connectivity index (χ0n) is 9.93. The van der Waals surface area contributed by atoms with Crippen molar-refractivity contribution >= 4 is 11.6 Å². The van der Waals surface area contributed by atoms with Crippen LogP contribution in [0.3, 0.4) is 0 Å². The molecule has 0 radical (unpaired) electrons. The molecule has 0 heterocycles. The molecule has 0 aliphatic rings. The summed E-state index contributed by atoms with van der Waals surface area (Å²) in [6.07, 6.45) is 0. The molecule has 0 aliphatic carbocycles. The number of hydrogen-bond acceptors (Lipinski definition) is 1. The summed E-state index contributed by atoms with van der Waals surface area (Å²) in [7, 11) is 0. The summed E-state index contributed by atoms with van der Waals surface area (Å²) in [5.74, 6) is 1.49. The maximum atomic E-state index is 5.66. The Bertz CT molecular complexity index is 326. The summed E-state index contributed by atoms with van der Waals surface area (Å²) in [5.41, 5.74) is 2.56. The highest BCUT2D eigenvalue weighted by atomic mass is 35.5. The molecule has 0 spiro atoms. The van der Waals surface area contributed by atoms with E-state index in [2.05, 4.69) is 45.9 Å². The average molecular weight is 227 g/mol. The Morgan fingerprint density at radius 1 is 1.27 bits per heavy atom. The fourth-order valence-electron chi connectivity index (χ4n) is 1.52. The van der Waals surface area contributed by atoms with Gasteiger partial charge in [0.1, 0.15) is 12.4 Å². The highest BCUT2D eigenvalue weighted by Gasteiger charge is 2.18. The lowest BCUT2D eigenvalue weighted by molar-refractivity contribution is 0.332. The summed E-state index contributed by atoms with van der Waals surface area (Å²) in [5, 5.41) is 0. The zero-order chi connectivity index (χ0) is 11.5. The van der Waals surface area contributed by atoms with Gasteiger partial charge >= 0.3 is 0 Å². The van der Waals surface area contributed by atoms with Gasteiger partial charge < -0.3 is 4.74 Å². The van der Waals surface area contributed by atoms with Crippen molar-refractivity contribution in [2.75, 3.05) is 12.5 Å². The Balaban J connectivity index is 3.03. The quantitative estimate of drug-likeness (QED) is 0.711. The first-order chi connectivity index (χ1) is 6.95. The summed E-state index contributed by atoms with van der Waals surface area (Å²) >= 11 is 5.63. The smallest absolute Gasteiger partial charge is 0.123 e. The van der Waals surface area contributed by atoms with E-state index in [1.165, 1.54) is 11.1 Å². The minimum Gasteiger partial charge on any atom is -0.492 e. The van der Waals surface area contributed by atoms with Crippen molar-refractivity contribution in [3.63, 3.8) is 0 Å².